The maximum absolute atomic E-state index is 12.4. The summed E-state index contributed by atoms with van der Waals surface area (Å²) in [6.45, 7) is 5.95. The first-order valence-electron chi connectivity index (χ1n) is 8.49. The Balaban J connectivity index is 1.95. The molecule has 6 nitrogen and oxygen atoms in total. The second kappa shape index (κ2) is 6.88. The maximum Gasteiger partial charge on any atom is 0.253 e. The SMILES string of the molecule is COc1ccccc1CN1C(=NC(=O)C(C)(C)C)SC2CS(=O)(=O)CC21. The number of thioether (sulfide) groups is 1. The molecule has 0 aromatic heterocycles. The number of hydrogen-bond acceptors (Lipinski definition) is 5. The third-order valence-corrected chi connectivity index (χ3v) is 7.79. The van der Waals surface area contributed by atoms with Crippen LogP contribution in [0.15, 0.2) is 29.3 Å². The molecule has 0 spiro atoms. The van der Waals surface area contributed by atoms with Gasteiger partial charge in [0, 0.05) is 22.8 Å². The van der Waals surface area contributed by atoms with Crippen LogP contribution in [0, 0.1) is 5.41 Å². The second-order valence-corrected chi connectivity index (χ2v) is 11.0. The molecular formula is C18H24N2O4S2. The van der Waals surface area contributed by atoms with E-state index >= 15 is 0 Å². The fourth-order valence-electron chi connectivity index (χ4n) is 3.09. The van der Waals surface area contributed by atoms with Crippen LogP contribution in [0.4, 0.5) is 0 Å². The predicted octanol–water partition coefficient (Wildman–Crippen LogP) is 2.34. The number of para-hydroxylation sites is 1. The molecule has 1 aromatic carbocycles. The number of aliphatic imine (C=N–C) groups is 1. The van der Waals surface area contributed by atoms with Crippen LogP contribution in [0.2, 0.25) is 0 Å². The molecule has 1 aromatic rings. The number of ether oxygens (including phenoxy) is 1. The van der Waals surface area contributed by atoms with E-state index in [1.807, 2.05) is 49.9 Å². The van der Waals surface area contributed by atoms with E-state index in [0.29, 0.717) is 11.7 Å². The standard InChI is InChI=1S/C18H24N2O4S2/c1-18(2,3)16(21)19-17-20(9-12-7-5-6-8-14(12)24-4)13-10-26(22,23)11-15(13)25-17/h5-8,13,15H,9-11H2,1-4H3. The van der Waals surface area contributed by atoms with E-state index in [0.717, 1.165) is 11.3 Å². The lowest BCUT2D eigenvalue weighted by atomic mass is 9.96. The van der Waals surface area contributed by atoms with Crippen LogP contribution >= 0.6 is 11.8 Å². The number of nitrogens with zero attached hydrogens (tertiary/aromatic N) is 2. The fourth-order valence-corrected chi connectivity index (χ4v) is 7.04. The van der Waals surface area contributed by atoms with Crippen molar-refractivity contribution in [2.45, 2.75) is 38.6 Å². The number of carbonyl (C=O) groups excluding carboxylic acids is 1. The van der Waals surface area contributed by atoms with Crippen molar-refractivity contribution in [3.05, 3.63) is 29.8 Å². The van der Waals surface area contributed by atoms with Crippen molar-refractivity contribution in [2.75, 3.05) is 18.6 Å². The lowest BCUT2D eigenvalue weighted by Gasteiger charge is -2.26. The van der Waals surface area contributed by atoms with Gasteiger partial charge in [0.1, 0.15) is 5.75 Å². The van der Waals surface area contributed by atoms with Crippen molar-refractivity contribution in [3.8, 4) is 5.75 Å². The van der Waals surface area contributed by atoms with Crippen LogP contribution in [0.3, 0.4) is 0 Å². The quantitative estimate of drug-likeness (QED) is 0.781. The van der Waals surface area contributed by atoms with E-state index in [-0.39, 0.29) is 28.7 Å². The molecule has 0 radical (unpaired) electrons. The zero-order valence-corrected chi connectivity index (χ0v) is 17.1. The van der Waals surface area contributed by atoms with Gasteiger partial charge in [0.05, 0.1) is 24.7 Å². The first-order chi connectivity index (χ1) is 12.1. The van der Waals surface area contributed by atoms with Crippen molar-refractivity contribution in [1.29, 1.82) is 0 Å². The van der Waals surface area contributed by atoms with Crippen LogP contribution in [0.5, 0.6) is 5.75 Å². The van der Waals surface area contributed by atoms with E-state index < -0.39 is 15.3 Å². The smallest absolute Gasteiger partial charge is 0.253 e. The van der Waals surface area contributed by atoms with Crippen LogP contribution in [-0.4, -0.2) is 54.3 Å². The summed E-state index contributed by atoms with van der Waals surface area (Å²) in [6, 6.07) is 7.46. The fraction of sp³-hybridized carbons (Fsp3) is 0.556. The normalized spacial score (nSPS) is 26.2. The van der Waals surface area contributed by atoms with Gasteiger partial charge in [0.15, 0.2) is 15.0 Å². The summed E-state index contributed by atoms with van der Waals surface area (Å²) in [7, 11) is -1.45. The molecule has 26 heavy (non-hydrogen) atoms. The summed E-state index contributed by atoms with van der Waals surface area (Å²) in [5.41, 5.74) is 0.365. The molecule has 3 rings (SSSR count). The number of hydrogen-bond donors (Lipinski definition) is 0. The molecule has 2 heterocycles. The molecule has 2 fully saturated rings. The molecule has 0 bridgehead atoms. The molecule has 0 N–H and O–H groups in total. The van der Waals surface area contributed by atoms with Crippen molar-refractivity contribution < 1.29 is 17.9 Å². The highest BCUT2D eigenvalue weighted by Crippen LogP contribution is 2.40. The number of amides is 1. The third kappa shape index (κ3) is 3.91. The van der Waals surface area contributed by atoms with E-state index in [1.54, 1.807) is 7.11 Å². The molecular weight excluding hydrogens is 372 g/mol. The molecule has 1 amide bonds. The Labute approximate surface area is 158 Å². The van der Waals surface area contributed by atoms with Crippen molar-refractivity contribution in [1.82, 2.24) is 4.90 Å². The molecule has 2 atom stereocenters. The van der Waals surface area contributed by atoms with E-state index in [4.69, 9.17) is 4.74 Å². The van der Waals surface area contributed by atoms with Gasteiger partial charge < -0.3 is 9.64 Å². The summed E-state index contributed by atoms with van der Waals surface area (Å²) in [4.78, 5) is 18.7. The Morgan fingerprint density at radius 1 is 1.31 bits per heavy atom. The Hall–Kier alpha value is -1.54. The third-order valence-electron chi connectivity index (χ3n) is 4.55. The topological polar surface area (TPSA) is 76.0 Å². The average molecular weight is 397 g/mol. The highest BCUT2D eigenvalue weighted by Gasteiger charge is 2.49. The summed E-state index contributed by atoms with van der Waals surface area (Å²) in [5, 5.41) is 0.530. The van der Waals surface area contributed by atoms with Gasteiger partial charge in [0.25, 0.3) is 5.91 Å². The minimum atomic E-state index is -3.06. The van der Waals surface area contributed by atoms with Crippen molar-refractivity contribution in [2.24, 2.45) is 10.4 Å². The number of carbonyl (C=O) groups is 1. The van der Waals surface area contributed by atoms with Gasteiger partial charge in [-0.05, 0) is 6.07 Å². The minimum Gasteiger partial charge on any atom is -0.496 e. The van der Waals surface area contributed by atoms with Gasteiger partial charge in [-0.3, -0.25) is 4.79 Å². The molecule has 142 valence electrons. The van der Waals surface area contributed by atoms with Crippen molar-refractivity contribution >= 4 is 32.7 Å². The number of rotatable bonds is 3. The summed E-state index contributed by atoms with van der Waals surface area (Å²) in [6.07, 6.45) is 0. The largest absolute Gasteiger partial charge is 0.496 e. The van der Waals surface area contributed by atoms with E-state index in [1.165, 1.54) is 11.8 Å². The number of methoxy groups -OCH3 is 1. The summed E-state index contributed by atoms with van der Waals surface area (Å²) < 4.78 is 29.6. The molecule has 2 unspecified atom stereocenters. The molecule has 2 saturated heterocycles. The molecule has 2 aliphatic rings. The first-order valence-corrected chi connectivity index (χ1v) is 11.2. The number of benzene rings is 1. The van der Waals surface area contributed by atoms with E-state index in [9.17, 15) is 13.2 Å². The van der Waals surface area contributed by atoms with Crippen LogP contribution in [0.25, 0.3) is 0 Å². The highest BCUT2D eigenvalue weighted by molar-refractivity contribution is 8.15. The zero-order valence-electron chi connectivity index (χ0n) is 15.4. The monoisotopic (exact) mass is 396 g/mol. The zero-order chi connectivity index (χ0) is 19.1. The molecule has 0 saturated carbocycles. The lowest BCUT2D eigenvalue weighted by Crippen LogP contribution is -2.37. The summed E-state index contributed by atoms with van der Waals surface area (Å²) >= 11 is 1.40. The van der Waals surface area contributed by atoms with Gasteiger partial charge in [-0.1, -0.05) is 50.7 Å². The van der Waals surface area contributed by atoms with Gasteiger partial charge in [-0.25, -0.2) is 8.42 Å². The minimum absolute atomic E-state index is 0.0822. The molecule has 8 heteroatoms. The van der Waals surface area contributed by atoms with Gasteiger partial charge in [-0.15, -0.1) is 0 Å². The van der Waals surface area contributed by atoms with Crippen LogP contribution < -0.4 is 4.74 Å². The van der Waals surface area contributed by atoms with E-state index in [2.05, 4.69) is 4.99 Å². The second-order valence-electron chi connectivity index (χ2n) is 7.69. The number of amidine groups is 1. The van der Waals surface area contributed by atoms with Gasteiger partial charge in [0.2, 0.25) is 0 Å². The Morgan fingerprint density at radius 2 is 2.00 bits per heavy atom. The van der Waals surface area contributed by atoms with Crippen LogP contribution in [-0.2, 0) is 21.2 Å². The number of fused-ring (bicyclic) bond motifs is 1. The average Bonchev–Trinajstić information content (AvgIpc) is 3.00. The maximum atomic E-state index is 12.4. The molecule has 2 aliphatic heterocycles. The van der Waals surface area contributed by atoms with Crippen LogP contribution in [0.1, 0.15) is 26.3 Å². The van der Waals surface area contributed by atoms with Crippen molar-refractivity contribution in [3.63, 3.8) is 0 Å². The predicted molar refractivity (Wildman–Crippen MR) is 104 cm³/mol. The Morgan fingerprint density at radius 3 is 2.65 bits per heavy atom. The Kier molecular flexibility index (Phi) is 5.09. The Bertz CT molecular complexity index is 843. The highest BCUT2D eigenvalue weighted by atomic mass is 32.2. The van der Waals surface area contributed by atoms with Gasteiger partial charge >= 0.3 is 0 Å². The lowest BCUT2D eigenvalue weighted by molar-refractivity contribution is -0.124. The summed E-state index contributed by atoms with van der Waals surface area (Å²) in [5.74, 6) is 0.770. The molecule has 0 aliphatic carbocycles. The van der Waals surface area contributed by atoms with Gasteiger partial charge in [-0.2, -0.15) is 4.99 Å². The first kappa shape index (κ1) is 19.2. The number of sulfone groups is 1.